The molecule has 0 saturated carbocycles. The molecule has 2 atom stereocenters. The van der Waals surface area contributed by atoms with Crippen molar-refractivity contribution in [3.63, 3.8) is 0 Å². The highest BCUT2D eigenvalue weighted by Crippen LogP contribution is 2.37. The normalized spacial score (nSPS) is 28.8. The van der Waals surface area contributed by atoms with Gasteiger partial charge < -0.3 is 15.3 Å². The number of hydrogen-bond acceptors (Lipinski definition) is 3. The van der Waals surface area contributed by atoms with E-state index < -0.39 is 5.97 Å². The number of carbonyl (C=O) groups is 2. The Labute approximate surface area is 118 Å². The van der Waals surface area contributed by atoms with E-state index in [0.29, 0.717) is 19.6 Å². The van der Waals surface area contributed by atoms with Crippen molar-refractivity contribution in [2.24, 2.45) is 11.8 Å². The average Bonchev–Trinajstić information content (AvgIpc) is 2.72. The van der Waals surface area contributed by atoms with Crippen LogP contribution in [0.2, 0.25) is 0 Å². The molecule has 0 spiro atoms. The van der Waals surface area contributed by atoms with Crippen LogP contribution >= 0.6 is 11.8 Å². The Morgan fingerprint density at radius 3 is 2.74 bits per heavy atom. The van der Waals surface area contributed by atoms with Crippen molar-refractivity contribution in [3.05, 3.63) is 0 Å². The molecule has 2 saturated heterocycles. The average molecular weight is 286 g/mol. The van der Waals surface area contributed by atoms with E-state index in [-0.39, 0.29) is 22.6 Å². The number of thioether (sulfide) groups is 1. The molecule has 0 aromatic rings. The molecule has 108 valence electrons. The number of carboxylic acids is 1. The summed E-state index contributed by atoms with van der Waals surface area (Å²) in [6, 6.07) is -0.0532. The molecule has 19 heavy (non-hydrogen) atoms. The van der Waals surface area contributed by atoms with Crippen molar-refractivity contribution < 1.29 is 14.7 Å². The molecule has 0 aromatic heterocycles. The zero-order valence-corrected chi connectivity index (χ0v) is 12.3. The molecule has 0 radical (unpaired) electrons. The summed E-state index contributed by atoms with van der Waals surface area (Å²) in [7, 11) is 0. The van der Waals surface area contributed by atoms with Gasteiger partial charge in [0.05, 0.1) is 5.92 Å². The van der Waals surface area contributed by atoms with Gasteiger partial charge in [0, 0.05) is 30.3 Å². The fourth-order valence-corrected chi connectivity index (χ4v) is 3.79. The lowest BCUT2D eigenvalue weighted by Crippen LogP contribution is -2.57. The van der Waals surface area contributed by atoms with Gasteiger partial charge in [0.2, 0.25) is 0 Å². The molecule has 2 N–H and O–H groups in total. The molecule has 2 amide bonds. The number of nitrogens with zero attached hydrogens (tertiary/aromatic N) is 1. The van der Waals surface area contributed by atoms with Crippen molar-refractivity contribution in [1.82, 2.24) is 10.2 Å². The Bertz CT molecular complexity index is 363. The standard InChI is InChI=1S/C13H22N2O3S/c1-9(11(16)17)10-6-15(7-10)12(18)14-8-13(2)4-3-5-19-13/h9-10H,3-8H2,1-2H3,(H,14,18)(H,16,17). The van der Waals surface area contributed by atoms with Crippen LogP contribution in [0, 0.1) is 11.8 Å². The first-order chi connectivity index (χ1) is 8.91. The SMILES string of the molecule is CC(C(=O)O)C1CN(C(=O)NCC2(C)CCCS2)C1. The summed E-state index contributed by atoms with van der Waals surface area (Å²) in [5.41, 5.74) is 0. The zero-order valence-electron chi connectivity index (χ0n) is 11.5. The minimum atomic E-state index is -0.778. The molecule has 2 unspecified atom stereocenters. The molecular weight excluding hydrogens is 264 g/mol. The zero-order chi connectivity index (χ0) is 14.0. The fourth-order valence-electron chi connectivity index (χ4n) is 2.55. The Hall–Kier alpha value is -0.910. The van der Waals surface area contributed by atoms with Crippen LogP contribution in [0.3, 0.4) is 0 Å². The number of aliphatic carboxylic acids is 1. The van der Waals surface area contributed by atoms with Gasteiger partial charge in [-0.2, -0.15) is 11.8 Å². The monoisotopic (exact) mass is 286 g/mol. The fraction of sp³-hybridized carbons (Fsp3) is 0.846. The van der Waals surface area contributed by atoms with Crippen LogP contribution < -0.4 is 5.32 Å². The number of carboxylic acid groups (broad SMARTS) is 1. The lowest BCUT2D eigenvalue weighted by molar-refractivity contribution is -0.144. The number of amides is 2. The number of likely N-dealkylation sites (tertiary alicyclic amines) is 1. The highest BCUT2D eigenvalue weighted by molar-refractivity contribution is 8.00. The van der Waals surface area contributed by atoms with Gasteiger partial charge in [-0.05, 0) is 25.5 Å². The van der Waals surface area contributed by atoms with Crippen LogP contribution in [-0.2, 0) is 4.79 Å². The molecule has 0 aromatic carbocycles. The lowest BCUT2D eigenvalue weighted by atomic mass is 9.87. The third kappa shape index (κ3) is 3.35. The molecule has 0 aliphatic carbocycles. The Morgan fingerprint density at radius 2 is 2.21 bits per heavy atom. The van der Waals surface area contributed by atoms with E-state index in [1.807, 2.05) is 11.8 Å². The Morgan fingerprint density at radius 1 is 1.53 bits per heavy atom. The number of nitrogens with one attached hydrogen (secondary N) is 1. The van der Waals surface area contributed by atoms with Crippen LogP contribution in [0.5, 0.6) is 0 Å². The third-order valence-electron chi connectivity index (χ3n) is 4.21. The van der Waals surface area contributed by atoms with E-state index in [1.165, 1.54) is 12.2 Å². The predicted octanol–water partition coefficient (Wildman–Crippen LogP) is 1.63. The molecule has 2 rings (SSSR count). The highest BCUT2D eigenvalue weighted by Gasteiger charge is 2.38. The first-order valence-corrected chi connectivity index (χ1v) is 7.79. The van der Waals surface area contributed by atoms with Crippen LogP contribution in [0.25, 0.3) is 0 Å². The number of rotatable bonds is 4. The van der Waals surface area contributed by atoms with Crippen LogP contribution in [-0.4, -0.2) is 52.1 Å². The molecule has 0 bridgehead atoms. The number of urea groups is 1. The van der Waals surface area contributed by atoms with Gasteiger partial charge in [-0.1, -0.05) is 6.92 Å². The minimum absolute atomic E-state index is 0.0532. The largest absolute Gasteiger partial charge is 0.481 e. The molecule has 2 heterocycles. The van der Waals surface area contributed by atoms with E-state index in [4.69, 9.17) is 5.11 Å². The summed E-state index contributed by atoms with van der Waals surface area (Å²) in [6.07, 6.45) is 2.37. The van der Waals surface area contributed by atoms with Crippen molar-refractivity contribution in [2.45, 2.75) is 31.4 Å². The minimum Gasteiger partial charge on any atom is -0.481 e. The van der Waals surface area contributed by atoms with Crippen LogP contribution in [0.15, 0.2) is 0 Å². The maximum atomic E-state index is 11.9. The number of hydrogen-bond donors (Lipinski definition) is 2. The summed E-state index contributed by atoms with van der Waals surface area (Å²) in [5, 5.41) is 11.9. The maximum Gasteiger partial charge on any atom is 0.317 e. The van der Waals surface area contributed by atoms with Gasteiger partial charge in [-0.3, -0.25) is 4.79 Å². The highest BCUT2D eigenvalue weighted by atomic mass is 32.2. The van der Waals surface area contributed by atoms with Gasteiger partial charge in [0.15, 0.2) is 0 Å². The summed E-state index contributed by atoms with van der Waals surface area (Å²) >= 11 is 1.92. The molecular formula is C13H22N2O3S. The maximum absolute atomic E-state index is 11.9. The van der Waals surface area contributed by atoms with Gasteiger partial charge in [-0.25, -0.2) is 4.79 Å². The van der Waals surface area contributed by atoms with Crippen molar-refractivity contribution in [1.29, 1.82) is 0 Å². The van der Waals surface area contributed by atoms with E-state index in [2.05, 4.69) is 12.2 Å². The van der Waals surface area contributed by atoms with Crippen LogP contribution in [0.1, 0.15) is 26.7 Å². The first-order valence-electron chi connectivity index (χ1n) is 6.81. The Balaban J connectivity index is 1.70. The van der Waals surface area contributed by atoms with Crippen molar-refractivity contribution in [2.75, 3.05) is 25.4 Å². The predicted molar refractivity (Wildman–Crippen MR) is 75.4 cm³/mol. The van der Waals surface area contributed by atoms with Crippen molar-refractivity contribution >= 4 is 23.8 Å². The van der Waals surface area contributed by atoms with Crippen molar-refractivity contribution in [3.8, 4) is 0 Å². The quantitative estimate of drug-likeness (QED) is 0.824. The van der Waals surface area contributed by atoms with E-state index in [9.17, 15) is 9.59 Å². The van der Waals surface area contributed by atoms with E-state index in [0.717, 1.165) is 6.42 Å². The third-order valence-corrected chi connectivity index (χ3v) is 5.75. The van der Waals surface area contributed by atoms with E-state index >= 15 is 0 Å². The second-order valence-electron chi connectivity index (χ2n) is 5.85. The second-order valence-corrected chi connectivity index (χ2v) is 7.54. The first kappa shape index (κ1) is 14.5. The smallest absolute Gasteiger partial charge is 0.317 e. The second kappa shape index (κ2) is 5.61. The summed E-state index contributed by atoms with van der Waals surface area (Å²) < 4.78 is 0.175. The summed E-state index contributed by atoms with van der Waals surface area (Å²) in [5.74, 6) is 0.125. The summed E-state index contributed by atoms with van der Waals surface area (Å²) in [6.45, 7) is 5.72. The molecule has 2 aliphatic rings. The molecule has 2 aliphatic heterocycles. The van der Waals surface area contributed by atoms with Gasteiger partial charge in [0.1, 0.15) is 0 Å². The lowest BCUT2D eigenvalue weighted by Gasteiger charge is -2.41. The van der Waals surface area contributed by atoms with Gasteiger partial charge in [0.25, 0.3) is 0 Å². The molecule has 6 heteroatoms. The number of carbonyl (C=O) groups excluding carboxylic acids is 1. The van der Waals surface area contributed by atoms with Gasteiger partial charge in [-0.15, -0.1) is 0 Å². The Kier molecular flexibility index (Phi) is 4.28. The summed E-state index contributed by atoms with van der Waals surface area (Å²) in [4.78, 5) is 24.5. The topological polar surface area (TPSA) is 69.6 Å². The molecule has 2 fully saturated rings. The van der Waals surface area contributed by atoms with E-state index in [1.54, 1.807) is 11.8 Å². The molecule has 5 nitrogen and oxygen atoms in total. The van der Waals surface area contributed by atoms with Crippen LogP contribution in [0.4, 0.5) is 4.79 Å². The van der Waals surface area contributed by atoms with Gasteiger partial charge >= 0.3 is 12.0 Å².